The fourth-order valence-electron chi connectivity index (χ4n) is 1.63. The summed E-state index contributed by atoms with van der Waals surface area (Å²) < 4.78 is 1.85. The third-order valence-corrected chi connectivity index (χ3v) is 2.68. The van der Waals surface area contributed by atoms with Crippen LogP contribution in [-0.2, 0) is 6.54 Å². The van der Waals surface area contributed by atoms with Crippen LogP contribution in [0.2, 0.25) is 0 Å². The molecule has 0 aliphatic carbocycles. The zero-order valence-electron chi connectivity index (χ0n) is 9.72. The summed E-state index contributed by atoms with van der Waals surface area (Å²) in [6, 6.07) is 10.4. The van der Waals surface area contributed by atoms with Crippen molar-refractivity contribution in [3.05, 3.63) is 47.8 Å². The van der Waals surface area contributed by atoms with E-state index in [-0.39, 0.29) is 0 Å². The van der Waals surface area contributed by atoms with Gasteiger partial charge in [0, 0.05) is 12.7 Å². The van der Waals surface area contributed by atoms with Crippen LogP contribution in [0, 0.1) is 0 Å². The molecule has 1 heterocycles. The third kappa shape index (κ3) is 2.14. The summed E-state index contributed by atoms with van der Waals surface area (Å²) in [6.45, 7) is 4.86. The maximum absolute atomic E-state index is 5.53. The second kappa shape index (κ2) is 4.49. The fraction of sp³-hybridized carbons (Fsp3) is 0.308. The van der Waals surface area contributed by atoms with Crippen LogP contribution in [0.1, 0.15) is 31.0 Å². The van der Waals surface area contributed by atoms with Crippen molar-refractivity contribution < 1.29 is 0 Å². The van der Waals surface area contributed by atoms with Crippen LogP contribution in [0.3, 0.4) is 0 Å². The lowest BCUT2D eigenvalue weighted by Crippen LogP contribution is -2.00. The molecule has 0 fully saturated rings. The Morgan fingerprint density at radius 2 is 1.88 bits per heavy atom. The van der Waals surface area contributed by atoms with Crippen molar-refractivity contribution in [1.82, 2.24) is 9.78 Å². The van der Waals surface area contributed by atoms with Gasteiger partial charge in [-0.25, -0.2) is 4.68 Å². The molecule has 2 N–H and O–H groups in total. The average Bonchev–Trinajstić information content (AvgIpc) is 2.77. The van der Waals surface area contributed by atoms with Gasteiger partial charge in [-0.3, -0.25) is 0 Å². The van der Waals surface area contributed by atoms with E-state index in [0.29, 0.717) is 12.5 Å². The summed E-state index contributed by atoms with van der Waals surface area (Å²) in [6.07, 6.45) is 1.94. The Labute approximate surface area is 95.9 Å². The first-order chi connectivity index (χ1) is 7.70. The van der Waals surface area contributed by atoms with Crippen LogP contribution in [0.25, 0.3) is 5.69 Å². The van der Waals surface area contributed by atoms with Crippen molar-refractivity contribution in [2.24, 2.45) is 5.73 Å². The first kappa shape index (κ1) is 10.9. The van der Waals surface area contributed by atoms with Crippen molar-refractivity contribution in [2.75, 3.05) is 0 Å². The van der Waals surface area contributed by atoms with E-state index >= 15 is 0 Å². The van der Waals surface area contributed by atoms with Crippen LogP contribution in [0.15, 0.2) is 36.5 Å². The Hall–Kier alpha value is -1.61. The number of hydrogen-bond acceptors (Lipinski definition) is 2. The zero-order valence-corrected chi connectivity index (χ0v) is 9.72. The first-order valence-electron chi connectivity index (χ1n) is 5.55. The van der Waals surface area contributed by atoms with E-state index in [9.17, 15) is 0 Å². The molecule has 84 valence electrons. The number of nitrogens with zero attached hydrogens (tertiary/aromatic N) is 2. The van der Waals surface area contributed by atoms with Crippen LogP contribution in [0.4, 0.5) is 0 Å². The number of benzene rings is 1. The molecule has 3 heteroatoms. The number of rotatable bonds is 3. The SMILES string of the molecule is CC(C)c1ccc(-n2ccc(CN)n2)cc1. The summed E-state index contributed by atoms with van der Waals surface area (Å²) in [4.78, 5) is 0. The lowest BCUT2D eigenvalue weighted by molar-refractivity contribution is 0.827. The van der Waals surface area contributed by atoms with Crippen molar-refractivity contribution >= 4 is 0 Å². The molecule has 16 heavy (non-hydrogen) atoms. The smallest absolute Gasteiger partial charge is 0.0764 e. The molecule has 2 rings (SSSR count). The maximum Gasteiger partial charge on any atom is 0.0764 e. The monoisotopic (exact) mass is 215 g/mol. The topological polar surface area (TPSA) is 43.8 Å². The molecule has 0 spiro atoms. The molecule has 0 aliphatic rings. The van der Waals surface area contributed by atoms with Gasteiger partial charge in [0.1, 0.15) is 0 Å². The Morgan fingerprint density at radius 3 is 2.38 bits per heavy atom. The zero-order chi connectivity index (χ0) is 11.5. The number of hydrogen-bond donors (Lipinski definition) is 1. The van der Waals surface area contributed by atoms with Gasteiger partial charge in [0.05, 0.1) is 11.4 Å². The molecular weight excluding hydrogens is 198 g/mol. The molecule has 0 unspecified atom stereocenters. The van der Waals surface area contributed by atoms with E-state index in [4.69, 9.17) is 5.73 Å². The molecule has 0 saturated heterocycles. The van der Waals surface area contributed by atoms with Gasteiger partial charge < -0.3 is 5.73 Å². The van der Waals surface area contributed by atoms with Crippen molar-refractivity contribution in [3.8, 4) is 5.69 Å². The van der Waals surface area contributed by atoms with Crippen molar-refractivity contribution in [3.63, 3.8) is 0 Å². The molecule has 0 radical (unpaired) electrons. The third-order valence-electron chi connectivity index (χ3n) is 2.68. The summed E-state index contributed by atoms with van der Waals surface area (Å²) in [5.41, 5.74) is 8.86. The molecule has 0 atom stereocenters. The van der Waals surface area contributed by atoms with Gasteiger partial charge in [-0.2, -0.15) is 5.10 Å². The van der Waals surface area contributed by atoms with Gasteiger partial charge in [-0.15, -0.1) is 0 Å². The Bertz CT molecular complexity index is 454. The highest BCUT2D eigenvalue weighted by Gasteiger charge is 2.01. The van der Waals surface area contributed by atoms with E-state index in [1.165, 1.54) is 5.56 Å². The van der Waals surface area contributed by atoms with Crippen molar-refractivity contribution in [2.45, 2.75) is 26.3 Å². The second-order valence-electron chi connectivity index (χ2n) is 4.20. The molecule has 0 saturated carbocycles. The highest BCUT2D eigenvalue weighted by Crippen LogP contribution is 2.16. The lowest BCUT2D eigenvalue weighted by Gasteiger charge is -2.06. The molecule has 0 bridgehead atoms. The van der Waals surface area contributed by atoms with Crippen molar-refractivity contribution in [1.29, 1.82) is 0 Å². The number of aromatic nitrogens is 2. The van der Waals surface area contributed by atoms with E-state index < -0.39 is 0 Å². The van der Waals surface area contributed by atoms with E-state index in [1.807, 2.05) is 16.9 Å². The van der Waals surface area contributed by atoms with Crippen LogP contribution >= 0.6 is 0 Å². The molecular formula is C13H17N3. The highest BCUT2D eigenvalue weighted by atomic mass is 15.3. The van der Waals surface area contributed by atoms with E-state index in [0.717, 1.165) is 11.4 Å². The van der Waals surface area contributed by atoms with Gasteiger partial charge in [0.2, 0.25) is 0 Å². The molecule has 1 aromatic carbocycles. The molecule has 0 amide bonds. The Balaban J connectivity index is 2.27. The van der Waals surface area contributed by atoms with Gasteiger partial charge >= 0.3 is 0 Å². The summed E-state index contributed by atoms with van der Waals surface area (Å²) in [5, 5.41) is 4.37. The average molecular weight is 215 g/mol. The van der Waals surface area contributed by atoms with Gasteiger partial charge in [0.25, 0.3) is 0 Å². The van der Waals surface area contributed by atoms with Gasteiger partial charge in [-0.1, -0.05) is 26.0 Å². The lowest BCUT2D eigenvalue weighted by atomic mass is 10.0. The van der Waals surface area contributed by atoms with Crippen LogP contribution < -0.4 is 5.73 Å². The number of nitrogens with two attached hydrogens (primary N) is 1. The van der Waals surface area contributed by atoms with E-state index in [1.54, 1.807) is 0 Å². The first-order valence-corrected chi connectivity index (χ1v) is 5.55. The van der Waals surface area contributed by atoms with E-state index in [2.05, 4.69) is 43.2 Å². The molecule has 2 aromatic rings. The second-order valence-corrected chi connectivity index (χ2v) is 4.20. The summed E-state index contributed by atoms with van der Waals surface area (Å²) in [7, 11) is 0. The highest BCUT2D eigenvalue weighted by molar-refractivity contribution is 5.35. The predicted molar refractivity (Wildman–Crippen MR) is 65.5 cm³/mol. The minimum absolute atomic E-state index is 0.483. The largest absolute Gasteiger partial charge is 0.325 e. The molecule has 1 aromatic heterocycles. The maximum atomic E-state index is 5.53. The standard InChI is InChI=1S/C13H17N3/c1-10(2)11-3-5-13(6-4-11)16-8-7-12(9-14)15-16/h3-8,10H,9,14H2,1-2H3. The quantitative estimate of drug-likeness (QED) is 0.854. The normalized spacial score (nSPS) is 11.0. The molecule has 3 nitrogen and oxygen atoms in total. The van der Waals surface area contributed by atoms with Crippen LogP contribution in [0.5, 0.6) is 0 Å². The minimum Gasteiger partial charge on any atom is -0.325 e. The van der Waals surface area contributed by atoms with Crippen LogP contribution in [-0.4, -0.2) is 9.78 Å². The van der Waals surface area contributed by atoms with Gasteiger partial charge in [-0.05, 0) is 29.7 Å². The predicted octanol–water partition coefficient (Wildman–Crippen LogP) is 2.45. The minimum atomic E-state index is 0.483. The summed E-state index contributed by atoms with van der Waals surface area (Å²) >= 11 is 0. The summed E-state index contributed by atoms with van der Waals surface area (Å²) in [5.74, 6) is 0.561. The Kier molecular flexibility index (Phi) is 3.06. The molecule has 0 aliphatic heterocycles. The fourth-order valence-corrected chi connectivity index (χ4v) is 1.63. The van der Waals surface area contributed by atoms with Gasteiger partial charge in [0.15, 0.2) is 0 Å². The Morgan fingerprint density at radius 1 is 1.19 bits per heavy atom.